The van der Waals surface area contributed by atoms with Crippen molar-refractivity contribution in [2.75, 3.05) is 37.2 Å². The lowest BCUT2D eigenvalue weighted by Gasteiger charge is -2.08. The zero-order valence-corrected chi connectivity index (χ0v) is 7.73. The molecule has 0 spiro atoms. The van der Waals surface area contributed by atoms with Gasteiger partial charge in [-0.05, 0) is 12.5 Å². The molecule has 0 aliphatic carbocycles. The molecule has 0 aliphatic heterocycles. The minimum Gasteiger partial charge on any atom is -0.385 e. The summed E-state index contributed by atoms with van der Waals surface area (Å²) in [6.45, 7) is 3.91. The van der Waals surface area contributed by atoms with Gasteiger partial charge in [0.15, 0.2) is 0 Å². The lowest BCUT2D eigenvalue weighted by molar-refractivity contribution is 0.940. The monoisotopic (exact) mass is 167 g/mol. The molecule has 0 saturated heterocycles. The Morgan fingerprint density at radius 1 is 1.25 bits per heavy atom. The third kappa shape index (κ3) is 1.20. The fraction of sp³-hybridized carbons (Fsp3) is 0.375. The first-order valence-corrected chi connectivity index (χ1v) is 3.85. The fourth-order valence-electron chi connectivity index (χ4n) is 1.26. The molecule has 12 heavy (non-hydrogen) atoms. The van der Waals surface area contributed by atoms with Gasteiger partial charge in [-0.25, -0.2) is 4.68 Å². The molecule has 1 rings (SSSR count). The standard InChI is InChI=1S/C8H15N4/c1-6-5-12(11-4)8(10-3)7(6)9-2/h5,9-11H,1H2,2-4H3. The van der Waals surface area contributed by atoms with E-state index in [2.05, 4.69) is 23.0 Å². The summed E-state index contributed by atoms with van der Waals surface area (Å²) in [5.74, 6) is 0.991. The number of nitrogens with one attached hydrogen (secondary N) is 3. The van der Waals surface area contributed by atoms with Crippen molar-refractivity contribution in [2.24, 2.45) is 0 Å². The molecule has 3 N–H and O–H groups in total. The van der Waals surface area contributed by atoms with Crippen LogP contribution in [0.2, 0.25) is 0 Å². The summed E-state index contributed by atoms with van der Waals surface area (Å²) in [4.78, 5) is 0. The number of hydrogen-bond acceptors (Lipinski definition) is 3. The second-order valence-electron chi connectivity index (χ2n) is 2.47. The summed E-state index contributed by atoms with van der Waals surface area (Å²) in [5, 5.41) is 6.17. The summed E-state index contributed by atoms with van der Waals surface area (Å²) >= 11 is 0. The summed E-state index contributed by atoms with van der Waals surface area (Å²) in [6.07, 6.45) is 1.93. The summed E-state index contributed by atoms with van der Waals surface area (Å²) in [6, 6.07) is 0. The maximum absolute atomic E-state index is 3.91. The van der Waals surface area contributed by atoms with Crippen molar-refractivity contribution in [1.82, 2.24) is 4.68 Å². The maximum Gasteiger partial charge on any atom is 0.148 e. The van der Waals surface area contributed by atoms with Crippen LogP contribution >= 0.6 is 0 Å². The fourth-order valence-corrected chi connectivity index (χ4v) is 1.26. The highest BCUT2D eigenvalue weighted by Crippen LogP contribution is 2.25. The van der Waals surface area contributed by atoms with Crippen LogP contribution < -0.4 is 16.1 Å². The van der Waals surface area contributed by atoms with E-state index in [4.69, 9.17) is 0 Å². The molecule has 0 amide bonds. The van der Waals surface area contributed by atoms with Gasteiger partial charge in [0, 0.05) is 27.3 Å². The lowest BCUT2D eigenvalue weighted by Crippen LogP contribution is -2.11. The van der Waals surface area contributed by atoms with Gasteiger partial charge in [0.1, 0.15) is 5.82 Å². The van der Waals surface area contributed by atoms with Crippen molar-refractivity contribution in [3.05, 3.63) is 18.7 Å². The number of aromatic nitrogens is 1. The molecule has 67 valence electrons. The van der Waals surface area contributed by atoms with Crippen molar-refractivity contribution >= 4 is 11.5 Å². The highest BCUT2D eigenvalue weighted by molar-refractivity contribution is 5.71. The van der Waals surface area contributed by atoms with Crippen LogP contribution in [0.15, 0.2) is 6.20 Å². The second-order valence-corrected chi connectivity index (χ2v) is 2.47. The Bertz CT molecular complexity index is 264. The highest BCUT2D eigenvalue weighted by atomic mass is 15.4. The molecule has 1 aromatic heterocycles. The largest absolute Gasteiger partial charge is 0.385 e. The molecule has 1 heterocycles. The lowest BCUT2D eigenvalue weighted by atomic mass is 10.3. The van der Waals surface area contributed by atoms with E-state index in [9.17, 15) is 0 Å². The van der Waals surface area contributed by atoms with Gasteiger partial charge in [-0.1, -0.05) is 0 Å². The molecule has 4 heteroatoms. The Morgan fingerprint density at radius 2 is 1.92 bits per heavy atom. The third-order valence-electron chi connectivity index (χ3n) is 1.81. The number of hydrogen-bond donors (Lipinski definition) is 3. The Hall–Kier alpha value is -1.32. The van der Waals surface area contributed by atoms with Crippen LogP contribution in [-0.4, -0.2) is 25.8 Å². The highest BCUT2D eigenvalue weighted by Gasteiger charge is 2.08. The SMILES string of the molecule is [CH2]c1cn(NC)c(NC)c1NC. The molecular formula is C8H15N4. The Kier molecular flexibility index (Phi) is 2.47. The van der Waals surface area contributed by atoms with Crippen LogP contribution in [0.5, 0.6) is 0 Å². The maximum atomic E-state index is 3.91. The summed E-state index contributed by atoms with van der Waals surface area (Å²) in [7, 11) is 5.62. The van der Waals surface area contributed by atoms with Crippen molar-refractivity contribution in [3.8, 4) is 0 Å². The Morgan fingerprint density at radius 3 is 2.33 bits per heavy atom. The van der Waals surface area contributed by atoms with Gasteiger partial charge >= 0.3 is 0 Å². The van der Waals surface area contributed by atoms with E-state index in [0.29, 0.717) is 0 Å². The van der Waals surface area contributed by atoms with Crippen molar-refractivity contribution in [3.63, 3.8) is 0 Å². The Labute approximate surface area is 72.9 Å². The van der Waals surface area contributed by atoms with E-state index in [0.717, 1.165) is 17.1 Å². The summed E-state index contributed by atoms with van der Waals surface area (Å²) < 4.78 is 1.88. The molecule has 1 aromatic rings. The van der Waals surface area contributed by atoms with Gasteiger partial charge in [-0.2, -0.15) is 0 Å². The van der Waals surface area contributed by atoms with Gasteiger partial charge in [0.2, 0.25) is 0 Å². The van der Waals surface area contributed by atoms with Gasteiger partial charge in [0.05, 0.1) is 5.69 Å². The van der Waals surface area contributed by atoms with Crippen LogP contribution in [0.1, 0.15) is 5.56 Å². The van der Waals surface area contributed by atoms with E-state index in [1.54, 1.807) is 0 Å². The quantitative estimate of drug-likeness (QED) is 0.627. The normalized spacial score (nSPS) is 9.67. The van der Waals surface area contributed by atoms with Gasteiger partial charge in [-0.3, -0.25) is 0 Å². The van der Waals surface area contributed by atoms with Gasteiger partial charge in [-0.15, -0.1) is 0 Å². The molecule has 0 atom stereocenters. The first kappa shape index (κ1) is 8.77. The molecule has 0 saturated carbocycles. The number of nitrogens with zero attached hydrogens (tertiary/aromatic N) is 1. The minimum absolute atomic E-state index is 0.969. The summed E-state index contributed by atoms with van der Waals surface area (Å²) in [5.41, 5.74) is 5.01. The average molecular weight is 167 g/mol. The van der Waals surface area contributed by atoms with Crippen molar-refractivity contribution in [1.29, 1.82) is 0 Å². The zero-order chi connectivity index (χ0) is 9.14. The number of rotatable bonds is 3. The topological polar surface area (TPSA) is 41.0 Å². The zero-order valence-electron chi connectivity index (χ0n) is 7.73. The minimum atomic E-state index is 0.969. The van der Waals surface area contributed by atoms with Crippen LogP contribution in [0.4, 0.5) is 11.5 Å². The number of anilines is 2. The predicted octanol–water partition coefficient (Wildman–Crippen LogP) is 0.927. The Balaban J connectivity index is 3.16. The van der Waals surface area contributed by atoms with E-state index < -0.39 is 0 Å². The van der Waals surface area contributed by atoms with Crippen molar-refractivity contribution < 1.29 is 0 Å². The van der Waals surface area contributed by atoms with E-state index in [1.807, 2.05) is 32.0 Å². The van der Waals surface area contributed by atoms with E-state index in [-0.39, 0.29) is 0 Å². The average Bonchev–Trinajstić information content (AvgIpc) is 2.40. The first-order chi connectivity index (χ1) is 5.74. The molecule has 0 aromatic carbocycles. The molecule has 0 bridgehead atoms. The second kappa shape index (κ2) is 3.38. The van der Waals surface area contributed by atoms with Crippen LogP contribution in [-0.2, 0) is 0 Å². The molecule has 0 fully saturated rings. The van der Waals surface area contributed by atoms with Gasteiger partial charge in [0.25, 0.3) is 0 Å². The molecule has 0 unspecified atom stereocenters. The molecule has 1 radical (unpaired) electrons. The van der Waals surface area contributed by atoms with E-state index >= 15 is 0 Å². The van der Waals surface area contributed by atoms with Crippen LogP contribution in [0.25, 0.3) is 0 Å². The molecular weight excluding hydrogens is 152 g/mol. The third-order valence-corrected chi connectivity index (χ3v) is 1.81. The van der Waals surface area contributed by atoms with E-state index in [1.165, 1.54) is 0 Å². The first-order valence-electron chi connectivity index (χ1n) is 3.85. The predicted molar refractivity (Wildman–Crippen MR) is 53.3 cm³/mol. The van der Waals surface area contributed by atoms with Crippen LogP contribution in [0, 0.1) is 6.92 Å². The smallest absolute Gasteiger partial charge is 0.148 e. The van der Waals surface area contributed by atoms with Crippen LogP contribution in [0.3, 0.4) is 0 Å². The molecule has 4 nitrogen and oxygen atoms in total. The van der Waals surface area contributed by atoms with Crippen molar-refractivity contribution in [2.45, 2.75) is 0 Å². The molecule has 0 aliphatic rings. The van der Waals surface area contributed by atoms with Gasteiger partial charge < -0.3 is 16.1 Å².